The summed E-state index contributed by atoms with van der Waals surface area (Å²) in [6, 6.07) is 5.87. The van der Waals surface area contributed by atoms with Crippen molar-refractivity contribution in [1.82, 2.24) is 10.2 Å². The zero-order valence-electron chi connectivity index (χ0n) is 14.3. The van der Waals surface area contributed by atoms with Crippen LogP contribution in [-0.4, -0.2) is 31.1 Å². The van der Waals surface area contributed by atoms with E-state index in [-0.39, 0.29) is 11.6 Å². The minimum absolute atomic E-state index is 0.138. The largest absolute Gasteiger partial charge is 0.467 e. The van der Waals surface area contributed by atoms with Crippen molar-refractivity contribution in [3.05, 3.63) is 59.6 Å². The molecule has 0 fully saturated rings. The number of nitrogens with zero attached hydrogens (tertiary/aromatic N) is 1. The predicted octanol–water partition coefficient (Wildman–Crippen LogP) is 3.87. The molecular weight excluding hydrogens is 330 g/mol. The van der Waals surface area contributed by atoms with E-state index in [4.69, 9.17) is 9.15 Å². The van der Waals surface area contributed by atoms with E-state index in [9.17, 15) is 13.6 Å². The summed E-state index contributed by atoms with van der Waals surface area (Å²) in [7, 11) is 1.54. The standard InChI is InChI=1S/C18H22F2N2O3/c1-13(16-11-14(19)6-7-17(16)20)22(2)18(23)21-8-4-9-24-12-15-5-3-10-25-15/h3,5-7,10-11,13H,4,8-9,12H2,1-2H3,(H,21,23). The monoisotopic (exact) mass is 352 g/mol. The van der Waals surface area contributed by atoms with Gasteiger partial charge in [0.15, 0.2) is 0 Å². The van der Waals surface area contributed by atoms with Gasteiger partial charge >= 0.3 is 6.03 Å². The molecule has 0 spiro atoms. The lowest BCUT2D eigenvalue weighted by molar-refractivity contribution is 0.104. The molecule has 1 heterocycles. The number of halogens is 2. The van der Waals surface area contributed by atoms with Crippen molar-refractivity contribution in [2.24, 2.45) is 0 Å². The fourth-order valence-electron chi connectivity index (χ4n) is 2.28. The highest BCUT2D eigenvalue weighted by atomic mass is 19.1. The molecule has 5 nitrogen and oxygen atoms in total. The van der Waals surface area contributed by atoms with E-state index >= 15 is 0 Å². The Morgan fingerprint density at radius 1 is 1.36 bits per heavy atom. The quantitative estimate of drug-likeness (QED) is 0.734. The van der Waals surface area contributed by atoms with Crippen LogP contribution in [0.5, 0.6) is 0 Å². The highest BCUT2D eigenvalue weighted by Gasteiger charge is 2.20. The van der Waals surface area contributed by atoms with Crippen LogP contribution in [0.25, 0.3) is 0 Å². The van der Waals surface area contributed by atoms with E-state index in [1.807, 2.05) is 6.07 Å². The fourth-order valence-corrected chi connectivity index (χ4v) is 2.28. The third-order valence-corrected chi connectivity index (χ3v) is 3.88. The Morgan fingerprint density at radius 2 is 2.16 bits per heavy atom. The van der Waals surface area contributed by atoms with Crippen molar-refractivity contribution in [2.75, 3.05) is 20.2 Å². The summed E-state index contributed by atoms with van der Waals surface area (Å²) in [5.74, 6) is -0.333. The van der Waals surface area contributed by atoms with Crippen molar-refractivity contribution in [2.45, 2.75) is 26.0 Å². The number of hydrogen-bond donors (Lipinski definition) is 1. The molecule has 1 aromatic carbocycles. The zero-order valence-corrected chi connectivity index (χ0v) is 14.3. The van der Waals surface area contributed by atoms with Crippen molar-refractivity contribution in [3.63, 3.8) is 0 Å². The van der Waals surface area contributed by atoms with Gasteiger partial charge in [0, 0.05) is 25.8 Å². The Morgan fingerprint density at radius 3 is 2.88 bits per heavy atom. The Bertz CT molecular complexity index is 677. The van der Waals surface area contributed by atoms with Crippen LogP contribution in [0.1, 0.15) is 30.7 Å². The van der Waals surface area contributed by atoms with E-state index in [2.05, 4.69) is 5.32 Å². The second kappa shape index (κ2) is 9.17. The normalized spacial score (nSPS) is 12.0. The number of urea groups is 1. The molecular formula is C18H22F2N2O3. The number of nitrogens with one attached hydrogen (secondary N) is 1. The summed E-state index contributed by atoms with van der Waals surface area (Å²) in [6.07, 6.45) is 2.21. The third-order valence-electron chi connectivity index (χ3n) is 3.88. The maximum atomic E-state index is 13.8. The van der Waals surface area contributed by atoms with E-state index in [0.717, 1.165) is 24.0 Å². The van der Waals surface area contributed by atoms with Crippen molar-refractivity contribution in [3.8, 4) is 0 Å². The molecule has 0 saturated heterocycles. The summed E-state index contributed by atoms with van der Waals surface area (Å²) in [5, 5.41) is 2.73. The van der Waals surface area contributed by atoms with Crippen LogP contribution in [-0.2, 0) is 11.3 Å². The average molecular weight is 352 g/mol. The van der Waals surface area contributed by atoms with Crippen LogP contribution >= 0.6 is 0 Å². The number of carbonyl (C=O) groups is 1. The molecule has 1 aromatic heterocycles. The molecule has 2 aromatic rings. The van der Waals surface area contributed by atoms with E-state index in [0.29, 0.717) is 26.2 Å². The minimum Gasteiger partial charge on any atom is -0.467 e. The predicted molar refractivity (Wildman–Crippen MR) is 88.9 cm³/mol. The summed E-state index contributed by atoms with van der Waals surface area (Å²) in [4.78, 5) is 13.5. The first-order valence-corrected chi connectivity index (χ1v) is 8.04. The van der Waals surface area contributed by atoms with Crippen molar-refractivity contribution >= 4 is 6.03 Å². The number of benzene rings is 1. The highest BCUT2D eigenvalue weighted by molar-refractivity contribution is 5.74. The maximum Gasteiger partial charge on any atom is 0.317 e. The molecule has 0 aliphatic carbocycles. The number of furan rings is 1. The lowest BCUT2D eigenvalue weighted by Gasteiger charge is -2.26. The van der Waals surface area contributed by atoms with Gasteiger partial charge in [-0.15, -0.1) is 0 Å². The molecule has 1 atom stereocenters. The lowest BCUT2D eigenvalue weighted by atomic mass is 10.1. The highest BCUT2D eigenvalue weighted by Crippen LogP contribution is 2.22. The van der Waals surface area contributed by atoms with Crippen LogP contribution in [0.2, 0.25) is 0 Å². The van der Waals surface area contributed by atoms with Gasteiger partial charge in [-0.25, -0.2) is 13.6 Å². The van der Waals surface area contributed by atoms with E-state index in [1.165, 1.54) is 11.9 Å². The molecule has 136 valence electrons. The van der Waals surface area contributed by atoms with Gasteiger partial charge < -0.3 is 19.4 Å². The van der Waals surface area contributed by atoms with Gasteiger partial charge in [0.05, 0.1) is 12.3 Å². The van der Waals surface area contributed by atoms with Gasteiger partial charge in [-0.2, -0.15) is 0 Å². The topological polar surface area (TPSA) is 54.7 Å². The smallest absolute Gasteiger partial charge is 0.317 e. The van der Waals surface area contributed by atoms with E-state index in [1.54, 1.807) is 19.3 Å². The molecule has 1 N–H and O–H groups in total. The van der Waals surface area contributed by atoms with Gasteiger partial charge in [0.25, 0.3) is 0 Å². The molecule has 0 radical (unpaired) electrons. The lowest BCUT2D eigenvalue weighted by Crippen LogP contribution is -2.39. The third kappa shape index (κ3) is 5.56. The summed E-state index contributed by atoms with van der Waals surface area (Å²) >= 11 is 0. The van der Waals surface area contributed by atoms with Gasteiger partial charge in [0.1, 0.15) is 24.0 Å². The van der Waals surface area contributed by atoms with Gasteiger partial charge in [0.2, 0.25) is 0 Å². The Balaban J connectivity index is 1.71. The molecule has 0 aliphatic heterocycles. The first-order chi connectivity index (χ1) is 12.0. The minimum atomic E-state index is -0.592. The molecule has 0 saturated carbocycles. The zero-order chi connectivity index (χ0) is 18.2. The SMILES string of the molecule is CC(c1cc(F)ccc1F)N(C)C(=O)NCCCOCc1ccco1. The summed E-state index contributed by atoms with van der Waals surface area (Å²) in [6.45, 7) is 2.92. The maximum absolute atomic E-state index is 13.8. The second-order valence-electron chi connectivity index (χ2n) is 5.67. The van der Waals surface area contributed by atoms with Crippen molar-refractivity contribution in [1.29, 1.82) is 0 Å². The summed E-state index contributed by atoms with van der Waals surface area (Å²) in [5.41, 5.74) is 0.138. The number of ether oxygens (including phenoxy) is 1. The Labute approximate surface area is 145 Å². The summed E-state index contributed by atoms with van der Waals surface area (Å²) < 4.78 is 37.6. The van der Waals surface area contributed by atoms with Crippen LogP contribution in [0.15, 0.2) is 41.0 Å². The van der Waals surface area contributed by atoms with Gasteiger partial charge in [-0.05, 0) is 43.7 Å². The van der Waals surface area contributed by atoms with Gasteiger partial charge in [-0.3, -0.25) is 0 Å². The first-order valence-electron chi connectivity index (χ1n) is 8.04. The number of hydrogen-bond acceptors (Lipinski definition) is 3. The van der Waals surface area contributed by atoms with Gasteiger partial charge in [-0.1, -0.05) is 0 Å². The molecule has 2 rings (SSSR count). The molecule has 25 heavy (non-hydrogen) atoms. The number of rotatable bonds is 8. The number of amides is 2. The molecule has 0 aliphatic rings. The Kier molecular flexibility index (Phi) is 6.94. The van der Waals surface area contributed by atoms with Crippen LogP contribution in [0.4, 0.5) is 13.6 Å². The van der Waals surface area contributed by atoms with Crippen molar-refractivity contribution < 1.29 is 22.7 Å². The van der Waals surface area contributed by atoms with Crippen LogP contribution in [0, 0.1) is 11.6 Å². The molecule has 2 amide bonds. The van der Waals surface area contributed by atoms with Crippen LogP contribution in [0.3, 0.4) is 0 Å². The Hall–Kier alpha value is -2.41. The van der Waals surface area contributed by atoms with E-state index < -0.39 is 17.7 Å². The molecule has 1 unspecified atom stereocenters. The first kappa shape index (κ1) is 18.9. The average Bonchev–Trinajstić information content (AvgIpc) is 3.12. The number of carbonyl (C=O) groups excluding carboxylic acids is 1. The second-order valence-corrected chi connectivity index (χ2v) is 5.67. The fraction of sp³-hybridized carbons (Fsp3) is 0.389. The molecule has 0 bridgehead atoms. The molecule has 7 heteroatoms. The van der Waals surface area contributed by atoms with Crippen LogP contribution < -0.4 is 5.32 Å².